The Morgan fingerprint density at radius 2 is 0.950 bits per heavy atom. The van der Waals surface area contributed by atoms with Crippen molar-refractivity contribution in [2.45, 2.75) is 0 Å². The van der Waals surface area contributed by atoms with Crippen molar-refractivity contribution < 1.29 is 0 Å². The minimum atomic E-state index is 0.692. The first-order chi connectivity index (χ1) is 19.8. The van der Waals surface area contributed by atoms with Crippen molar-refractivity contribution in [3.63, 3.8) is 0 Å². The lowest BCUT2D eigenvalue weighted by molar-refractivity contribution is 1.48. The first-order valence-corrected chi connectivity index (χ1v) is 14.9. The molecule has 0 bridgehead atoms. The quantitative estimate of drug-likeness (QED) is 0.217. The topological polar surface area (TPSA) is 23.8 Å². The van der Waals surface area contributed by atoms with Crippen LogP contribution in [-0.2, 0) is 0 Å². The van der Waals surface area contributed by atoms with Gasteiger partial charge in [0, 0.05) is 57.0 Å². The Bertz CT molecular complexity index is 2280. The molecule has 6 aromatic carbocycles. The Labute approximate surface area is 239 Å². The molecule has 40 heavy (non-hydrogen) atoms. The molecule has 1 nitrogen and oxygen atoms in total. The average molecular weight is 544 g/mol. The molecular weight excluding hydrogens is 523 g/mol. The summed E-state index contributed by atoms with van der Waals surface area (Å²) in [6.07, 6.45) is 0. The van der Waals surface area contributed by atoms with Gasteiger partial charge < -0.3 is 0 Å². The lowest BCUT2D eigenvalue weighted by Crippen LogP contribution is -1.92. The van der Waals surface area contributed by atoms with Crippen molar-refractivity contribution in [2.24, 2.45) is 0 Å². The van der Waals surface area contributed by atoms with E-state index in [2.05, 4.69) is 133 Å². The first-order valence-electron chi connectivity index (χ1n) is 13.2. The third-order valence-electron chi connectivity index (χ3n) is 7.75. The summed E-state index contributed by atoms with van der Waals surface area (Å²) in [7, 11) is 0. The second kappa shape index (κ2) is 9.17. The molecule has 8 aromatic rings. The van der Waals surface area contributed by atoms with Gasteiger partial charge in [-0.05, 0) is 41.0 Å². The Kier molecular flexibility index (Phi) is 5.31. The Morgan fingerprint density at radius 1 is 0.425 bits per heavy atom. The summed E-state index contributed by atoms with van der Waals surface area (Å²) in [6.45, 7) is 0. The van der Waals surface area contributed by atoms with Crippen LogP contribution in [-0.4, -0.2) is 0 Å². The van der Waals surface area contributed by atoms with Gasteiger partial charge in [-0.2, -0.15) is 5.26 Å². The number of benzene rings is 6. The number of hydrogen-bond donors (Lipinski definition) is 0. The monoisotopic (exact) mass is 543 g/mol. The predicted octanol–water partition coefficient (Wildman–Crippen LogP) is 11.3. The maximum atomic E-state index is 10.5. The third-order valence-corrected chi connectivity index (χ3v) is 10.2. The highest BCUT2D eigenvalue weighted by molar-refractivity contribution is 7.26. The van der Waals surface area contributed by atoms with Gasteiger partial charge in [-0.1, -0.05) is 103 Å². The van der Waals surface area contributed by atoms with Gasteiger partial charge in [0.15, 0.2) is 0 Å². The molecule has 2 aromatic heterocycles. The molecule has 3 heteroatoms. The van der Waals surface area contributed by atoms with Gasteiger partial charge in [-0.3, -0.25) is 0 Å². The van der Waals surface area contributed by atoms with Crippen LogP contribution in [0.3, 0.4) is 0 Å². The van der Waals surface area contributed by atoms with E-state index in [0.717, 1.165) is 27.8 Å². The molecule has 2 heterocycles. The van der Waals surface area contributed by atoms with E-state index in [1.807, 2.05) is 11.3 Å². The molecule has 0 saturated heterocycles. The summed E-state index contributed by atoms with van der Waals surface area (Å²) in [5.41, 5.74) is 7.32. The van der Waals surface area contributed by atoms with E-state index in [1.165, 1.54) is 45.9 Å². The van der Waals surface area contributed by atoms with Crippen LogP contribution in [0, 0.1) is 11.3 Å². The van der Waals surface area contributed by atoms with E-state index in [0.29, 0.717) is 5.56 Å². The average Bonchev–Trinajstić information content (AvgIpc) is 3.59. The molecule has 186 valence electrons. The zero-order chi connectivity index (χ0) is 26.6. The van der Waals surface area contributed by atoms with E-state index in [4.69, 9.17) is 0 Å². The SMILES string of the molecule is N#Cc1cc(-c2cccc3c2sc2ccccc23)c(-c2ccccc2)cc1-c1cccc2c1sc1ccccc12. The summed E-state index contributed by atoms with van der Waals surface area (Å²) in [6, 6.07) is 47.7. The largest absolute Gasteiger partial charge is 0.192 e. The van der Waals surface area contributed by atoms with Crippen LogP contribution in [0.15, 0.2) is 127 Å². The summed E-state index contributed by atoms with van der Waals surface area (Å²) < 4.78 is 5.02. The van der Waals surface area contributed by atoms with Crippen LogP contribution in [0.1, 0.15) is 5.56 Å². The molecule has 0 N–H and O–H groups in total. The van der Waals surface area contributed by atoms with Crippen molar-refractivity contribution in [2.75, 3.05) is 0 Å². The Balaban J connectivity index is 1.45. The molecule has 0 unspecified atom stereocenters. The van der Waals surface area contributed by atoms with Crippen molar-refractivity contribution in [3.8, 4) is 39.4 Å². The van der Waals surface area contributed by atoms with Gasteiger partial charge in [-0.25, -0.2) is 0 Å². The highest BCUT2D eigenvalue weighted by Gasteiger charge is 2.19. The lowest BCUT2D eigenvalue weighted by Gasteiger charge is -2.16. The number of fused-ring (bicyclic) bond motifs is 6. The van der Waals surface area contributed by atoms with Crippen LogP contribution in [0.2, 0.25) is 0 Å². The molecule has 0 spiro atoms. The molecule has 0 saturated carbocycles. The zero-order valence-electron chi connectivity index (χ0n) is 21.4. The molecule has 0 amide bonds. The second-order valence-corrected chi connectivity index (χ2v) is 12.1. The van der Waals surface area contributed by atoms with E-state index >= 15 is 0 Å². The van der Waals surface area contributed by atoms with Gasteiger partial charge in [0.2, 0.25) is 0 Å². The molecule has 0 atom stereocenters. The van der Waals surface area contributed by atoms with Crippen molar-refractivity contribution in [1.82, 2.24) is 0 Å². The van der Waals surface area contributed by atoms with Crippen LogP contribution in [0.5, 0.6) is 0 Å². The van der Waals surface area contributed by atoms with E-state index in [1.54, 1.807) is 11.3 Å². The highest BCUT2D eigenvalue weighted by Crippen LogP contribution is 2.46. The number of nitrogens with zero attached hydrogens (tertiary/aromatic N) is 1. The number of nitriles is 1. The van der Waals surface area contributed by atoms with E-state index < -0.39 is 0 Å². The summed E-state index contributed by atoms with van der Waals surface area (Å²) >= 11 is 3.63. The summed E-state index contributed by atoms with van der Waals surface area (Å²) in [5.74, 6) is 0. The van der Waals surface area contributed by atoms with Gasteiger partial charge in [0.05, 0.1) is 11.6 Å². The van der Waals surface area contributed by atoms with Crippen molar-refractivity contribution >= 4 is 63.0 Å². The zero-order valence-corrected chi connectivity index (χ0v) is 23.0. The number of rotatable bonds is 3. The van der Waals surface area contributed by atoms with Gasteiger partial charge in [-0.15, -0.1) is 22.7 Å². The minimum Gasteiger partial charge on any atom is -0.192 e. The van der Waals surface area contributed by atoms with Crippen molar-refractivity contribution in [1.29, 1.82) is 5.26 Å². The van der Waals surface area contributed by atoms with Gasteiger partial charge in [0.1, 0.15) is 0 Å². The maximum absolute atomic E-state index is 10.5. The molecule has 0 aliphatic carbocycles. The minimum absolute atomic E-state index is 0.692. The molecule has 0 aliphatic heterocycles. The molecule has 0 fully saturated rings. The fourth-order valence-electron chi connectivity index (χ4n) is 5.91. The van der Waals surface area contributed by atoms with E-state index in [-0.39, 0.29) is 0 Å². The fourth-order valence-corrected chi connectivity index (χ4v) is 8.37. The third kappa shape index (κ3) is 3.51. The van der Waals surface area contributed by atoms with E-state index in [9.17, 15) is 5.26 Å². The van der Waals surface area contributed by atoms with Crippen LogP contribution in [0.4, 0.5) is 0 Å². The number of thiophene rings is 2. The van der Waals surface area contributed by atoms with Crippen LogP contribution < -0.4 is 0 Å². The first kappa shape index (κ1) is 23.2. The standard InChI is InChI=1S/C37H21NS2/c38-22-24-20-33(30-17-9-15-28-26-13-5-7-19-35(26)40-37(28)30)31(23-10-2-1-3-11-23)21-32(24)29-16-8-14-27-25-12-4-6-18-34(25)39-36(27)29/h1-21H. The molecular formula is C37H21NS2. The number of hydrogen-bond acceptors (Lipinski definition) is 3. The Hall–Kier alpha value is -4.75. The summed E-state index contributed by atoms with van der Waals surface area (Å²) in [4.78, 5) is 0. The smallest absolute Gasteiger partial charge is 0.0998 e. The molecule has 8 rings (SSSR count). The van der Waals surface area contributed by atoms with Gasteiger partial charge in [0.25, 0.3) is 0 Å². The fraction of sp³-hybridized carbons (Fsp3) is 0. The Morgan fingerprint density at radius 3 is 1.55 bits per heavy atom. The highest BCUT2D eigenvalue weighted by atomic mass is 32.1. The predicted molar refractivity (Wildman–Crippen MR) is 173 cm³/mol. The maximum Gasteiger partial charge on any atom is 0.0998 e. The normalized spacial score (nSPS) is 11.5. The molecule has 0 radical (unpaired) electrons. The summed E-state index contributed by atoms with van der Waals surface area (Å²) in [5, 5.41) is 15.5. The molecule has 0 aliphatic rings. The lowest BCUT2D eigenvalue weighted by atomic mass is 9.87. The van der Waals surface area contributed by atoms with Crippen LogP contribution >= 0.6 is 22.7 Å². The van der Waals surface area contributed by atoms with Gasteiger partial charge >= 0.3 is 0 Å². The van der Waals surface area contributed by atoms with Crippen LogP contribution in [0.25, 0.3) is 73.7 Å². The second-order valence-electron chi connectivity index (χ2n) is 9.98. The van der Waals surface area contributed by atoms with Crippen molar-refractivity contribution in [3.05, 3.63) is 133 Å².